The van der Waals surface area contributed by atoms with Crippen LogP contribution in [0.1, 0.15) is 23.6 Å². The van der Waals surface area contributed by atoms with Gasteiger partial charge in [0.2, 0.25) is 0 Å². The van der Waals surface area contributed by atoms with Crippen molar-refractivity contribution in [3.63, 3.8) is 0 Å². The summed E-state index contributed by atoms with van der Waals surface area (Å²) >= 11 is 0. The fourth-order valence-electron chi connectivity index (χ4n) is 5.13. The van der Waals surface area contributed by atoms with Crippen LogP contribution in [-0.2, 0) is 5.41 Å². The summed E-state index contributed by atoms with van der Waals surface area (Å²) in [5.41, 5.74) is 5.32. The standard InChI is InChI=1S/C21H20N2/c1-2-16-14-23-13-12-19-21(16,17-10-6-7-11-18(17)22-19)20(23)15-8-4-3-5-9-15/h2-11,16,20H,1,12-14H2/t16-,20?,21?/m0/s1. The summed E-state index contributed by atoms with van der Waals surface area (Å²) in [6, 6.07) is 20.0. The van der Waals surface area contributed by atoms with E-state index in [2.05, 4.69) is 72.2 Å². The van der Waals surface area contributed by atoms with Gasteiger partial charge in [-0.15, -0.1) is 6.58 Å². The van der Waals surface area contributed by atoms with Crippen LogP contribution in [0, 0.1) is 5.92 Å². The Bertz CT molecular complexity index is 808. The maximum atomic E-state index is 5.06. The highest BCUT2D eigenvalue weighted by Crippen LogP contribution is 2.61. The maximum absolute atomic E-state index is 5.06. The molecule has 2 saturated heterocycles. The van der Waals surface area contributed by atoms with Crippen molar-refractivity contribution in [1.29, 1.82) is 0 Å². The summed E-state index contributed by atoms with van der Waals surface area (Å²) in [4.78, 5) is 7.70. The first-order valence-electron chi connectivity index (χ1n) is 8.45. The molecule has 0 radical (unpaired) electrons. The van der Waals surface area contributed by atoms with Crippen LogP contribution in [0.5, 0.6) is 0 Å². The Hall–Kier alpha value is -2.19. The molecule has 4 atom stereocenters. The minimum absolute atomic E-state index is 0.0159. The number of hydrogen-bond donors (Lipinski definition) is 0. The van der Waals surface area contributed by atoms with E-state index in [0.29, 0.717) is 12.0 Å². The van der Waals surface area contributed by atoms with Gasteiger partial charge in [0.1, 0.15) is 0 Å². The Morgan fingerprint density at radius 2 is 1.87 bits per heavy atom. The average molecular weight is 300 g/mol. The normalized spacial score (nSPS) is 33.7. The summed E-state index contributed by atoms with van der Waals surface area (Å²) in [5, 5.41) is 0. The van der Waals surface area contributed by atoms with Crippen LogP contribution in [-0.4, -0.2) is 23.7 Å². The quantitative estimate of drug-likeness (QED) is 0.756. The van der Waals surface area contributed by atoms with E-state index in [1.54, 1.807) is 0 Å². The first-order chi connectivity index (χ1) is 11.4. The number of hydrogen-bond acceptors (Lipinski definition) is 2. The zero-order valence-corrected chi connectivity index (χ0v) is 13.2. The predicted octanol–water partition coefficient (Wildman–Crippen LogP) is 4.27. The average Bonchev–Trinajstić information content (AvgIpc) is 3.07. The molecule has 3 aliphatic heterocycles. The molecule has 5 rings (SSSR count). The van der Waals surface area contributed by atoms with Gasteiger partial charge in [0.15, 0.2) is 0 Å². The molecule has 0 N–H and O–H groups in total. The summed E-state index contributed by atoms with van der Waals surface area (Å²) < 4.78 is 0. The van der Waals surface area contributed by atoms with Crippen LogP contribution in [0.4, 0.5) is 5.69 Å². The van der Waals surface area contributed by atoms with Crippen molar-refractivity contribution in [3.05, 3.63) is 78.4 Å². The van der Waals surface area contributed by atoms with Crippen molar-refractivity contribution in [1.82, 2.24) is 4.90 Å². The van der Waals surface area contributed by atoms with Gasteiger partial charge >= 0.3 is 0 Å². The summed E-state index contributed by atoms with van der Waals surface area (Å²) in [7, 11) is 0. The Morgan fingerprint density at radius 3 is 2.70 bits per heavy atom. The van der Waals surface area contributed by atoms with E-state index >= 15 is 0 Å². The van der Waals surface area contributed by atoms with Gasteiger partial charge < -0.3 is 0 Å². The molecule has 0 saturated carbocycles. The first kappa shape index (κ1) is 13.3. The van der Waals surface area contributed by atoms with Crippen LogP contribution >= 0.6 is 0 Å². The molecule has 3 unspecified atom stereocenters. The van der Waals surface area contributed by atoms with Gasteiger partial charge in [0.05, 0.1) is 17.1 Å². The highest BCUT2D eigenvalue weighted by molar-refractivity contribution is 6.04. The van der Waals surface area contributed by atoms with E-state index in [4.69, 9.17) is 4.99 Å². The molecule has 2 heteroatoms. The lowest BCUT2D eigenvalue weighted by atomic mass is 9.63. The largest absolute Gasteiger partial charge is 0.294 e. The number of piperidine rings is 1. The third-order valence-corrected chi connectivity index (χ3v) is 5.93. The third-order valence-electron chi connectivity index (χ3n) is 5.93. The highest BCUT2D eigenvalue weighted by Gasteiger charge is 2.62. The topological polar surface area (TPSA) is 15.6 Å². The second-order valence-electron chi connectivity index (χ2n) is 6.85. The lowest BCUT2D eigenvalue weighted by molar-refractivity contribution is 0.221. The smallest absolute Gasteiger partial charge is 0.0671 e. The van der Waals surface area contributed by atoms with Crippen molar-refractivity contribution < 1.29 is 0 Å². The molecule has 1 spiro atoms. The van der Waals surface area contributed by atoms with Crippen molar-refractivity contribution in [2.75, 3.05) is 13.1 Å². The summed E-state index contributed by atoms with van der Waals surface area (Å²) in [6.45, 7) is 6.35. The Balaban J connectivity index is 1.81. The molecular weight excluding hydrogens is 280 g/mol. The molecule has 2 aromatic rings. The van der Waals surface area contributed by atoms with Crippen LogP contribution in [0.2, 0.25) is 0 Å². The molecule has 2 fully saturated rings. The van der Waals surface area contributed by atoms with E-state index in [1.807, 2.05) is 0 Å². The molecular formula is C21H20N2. The maximum Gasteiger partial charge on any atom is 0.0671 e. The molecule has 0 aliphatic carbocycles. The van der Waals surface area contributed by atoms with Crippen molar-refractivity contribution in [2.45, 2.75) is 17.9 Å². The number of aliphatic imine (C=N–C) groups is 1. The monoisotopic (exact) mass is 300 g/mol. The molecule has 0 aromatic heterocycles. The van der Waals surface area contributed by atoms with E-state index in [-0.39, 0.29) is 5.41 Å². The zero-order chi connectivity index (χ0) is 15.4. The number of nitrogens with zero attached hydrogens (tertiary/aromatic N) is 2. The lowest BCUT2D eigenvalue weighted by Gasteiger charge is -2.43. The number of benzene rings is 2. The number of rotatable bonds is 2. The van der Waals surface area contributed by atoms with Crippen molar-refractivity contribution in [2.24, 2.45) is 10.9 Å². The van der Waals surface area contributed by atoms with E-state index < -0.39 is 0 Å². The van der Waals surface area contributed by atoms with Gasteiger partial charge in [-0.05, 0) is 23.6 Å². The van der Waals surface area contributed by atoms with Crippen LogP contribution < -0.4 is 0 Å². The minimum Gasteiger partial charge on any atom is -0.294 e. The van der Waals surface area contributed by atoms with Crippen molar-refractivity contribution >= 4 is 11.4 Å². The molecule has 0 amide bonds. The molecule has 2 aromatic carbocycles. The fourth-order valence-corrected chi connectivity index (χ4v) is 5.13. The van der Waals surface area contributed by atoms with Gasteiger partial charge in [-0.1, -0.05) is 54.6 Å². The van der Waals surface area contributed by atoms with Gasteiger partial charge in [-0.3, -0.25) is 9.89 Å². The van der Waals surface area contributed by atoms with E-state index in [9.17, 15) is 0 Å². The summed E-state index contributed by atoms with van der Waals surface area (Å²) in [6.07, 6.45) is 3.24. The highest BCUT2D eigenvalue weighted by atomic mass is 15.2. The predicted molar refractivity (Wildman–Crippen MR) is 94.3 cm³/mol. The van der Waals surface area contributed by atoms with E-state index in [1.165, 1.54) is 22.5 Å². The third kappa shape index (κ3) is 1.54. The molecule has 114 valence electrons. The second kappa shape index (κ2) is 4.65. The van der Waals surface area contributed by atoms with Gasteiger partial charge in [-0.2, -0.15) is 0 Å². The Labute approximate surface area is 137 Å². The van der Waals surface area contributed by atoms with E-state index in [0.717, 1.165) is 19.5 Å². The fraction of sp³-hybridized carbons (Fsp3) is 0.286. The van der Waals surface area contributed by atoms with Crippen LogP contribution in [0.3, 0.4) is 0 Å². The number of fused-ring (bicyclic) bond motifs is 2. The van der Waals surface area contributed by atoms with Crippen LogP contribution in [0.15, 0.2) is 72.2 Å². The molecule has 3 aliphatic rings. The zero-order valence-electron chi connectivity index (χ0n) is 13.2. The van der Waals surface area contributed by atoms with Gasteiger partial charge in [0.25, 0.3) is 0 Å². The molecule has 23 heavy (non-hydrogen) atoms. The molecule has 3 heterocycles. The minimum atomic E-state index is -0.0159. The van der Waals surface area contributed by atoms with Crippen LogP contribution in [0.25, 0.3) is 0 Å². The second-order valence-corrected chi connectivity index (χ2v) is 6.85. The number of para-hydroxylation sites is 1. The van der Waals surface area contributed by atoms with Gasteiger partial charge in [-0.25, -0.2) is 0 Å². The Kier molecular flexibility index (Phi) is 2.68. The SMILES string of the molecule is C=C[C@H]1CN2CCC3=Nc4ccccc4C31C2c1ccccc1. The Morgan fingerprint density at radius 1 is 1.09 bits per heavy atom. The van der Waals surface area contributed by atoms with Gasteiger partial charge in [0, 0.05) is 24.7 Å². The molecule has 2 nitrogen and oxygen atoms in total. The molecule has 2 bridgehead atoms. The summed E-state index contributed by atoms with van der Waals surface area (Å²) in [5.74, 6) is 0.428. The van der Waals surface area contributed by atoms with Crippen molar-refractivity contribution in [3.8, 4) is 0 Å². The lowest BCUT2D eigenvalue weighted by Crippen LogP contribution is -2.47. The first-order valence-corrected chi connectivity index (χ1v) is 8.45.